The van der Waals surface area contributed by atoms with Crippen LogP contribution in [0.25, 0.3) is 0 Å². The minimum absolute atomic E-state index is 0.0369. The van der Waals surface area contributed by atoms with Crippen LogP contribution in [0.2, 0.25) is 0 Å². The number of hydrogen-bond donors (Lipinski definition) is 4. The molecule has 1 saturated carbocycles. The summed E-state index contributed by atoms with van der Waals surface area (Å²) in [6.07, 6.45) is 9.67. The summed E-state index contributed by atoms with van der Waals surface area (Å²) in [7, 11) is 0. The Kier molecular flexibility index (Phi) is 11.5. The highest BCUT2D eigenvalue weighted by molar-refractivity contribution is 5.89. The molecule has 0 saturated heterocycles. The van der Waals surface area contributed by atoms with E-state index in [0.29, 0.717) is 25.0 Å². The number of aliphatic hydroxyl groups excluding tert-OH is 2. The van der Waals surface area contributed by atoms with Crippen molar-refractivity contribution in [3.8, 4) is 0 Å². The van der Waals surface area contributed by atoms with E-state index in [9.17, 15) is 20.2 Å². The molecule has 0 aromatic carbocycles. The third kappa shape index (κ3) is 8.49. The molecule has 4 atom stereocenters. The maximum absolute atomic E-state index is 10.5. The lowest BCUT2D eigenvalue weighted by molar-refractivity contribution is -0.137. The number of carboxylic acids is 1. The van der Waals surface area contributed by atoms with E-state index < -0.39 is 12.1 Å². The van der Waals surface area contributed by atoms with Crippen LogP contribution in [0, 0.1) is 11.8 Å². The van der Waals surface area contributed by atoms with Crippen LogP contribution in [0.4, 0.5) is 0 Å². The normalized spacial score (nSPS) is 25.7. The summed E-state index contributed by atoms with van der Waals surface area (Å²) in [6.45, 7) is 2.14. The van der Waals surface area contributed by atoms with Gasteiger partial charge in [-0.3, -0.25) is 4.79 Å². The molecule has 1 fully saturated rings. The molecule has 0 spiro atoms. The monoisotopic (exact) mass is 371 g/mol. The van der Waals surface area contributed by atoms with Crippen molar-refractivity contribution in [2.45, 2.75) is 103 Å². The topological polar surface area (TPSA) is 110 Å². The van der Waals surface area contributed by atoms with Gasteiger partial charge in [0, 0.05) is 18.8 Å². The van der Waals surface area contributed by atoms with Crippen molar-refractivity contribution >= 4 is 11.7 Å². The molecule has 0 aliphatic heterocycles. The number of nitrogens with zero attached hydrogens (tertiary/aromatic N) is 1. The number of carboxylic acid groups (broad SMARTS) is 1. The first-order chi connectivity index (χ1) is 12.5. The Hall–Kier alpha value is -1.14. The van der Waals surface area contributed by atoms with Crippen molar-refractivity contribution < 1.29 is 25.3 Å². The van der Waals surface area contributed by atoms with E-state index >= 15 is 0 Å². The molecule has 0 aromatic rings. The fourth-order valence-electron chi connectivity index (χ4n) is 4.08. The summed E-state index contributed by atoms with van der Waals surface area (Å²) in [4.78, 5) is 10.5. The third-order valence-corrected chi connectivity index (χ3v) is 5.62. The molecule has 0 amide bonds. The molecule has 0 radical (unpaired) electrons. The molecule has 1 aliphatic carbocycles. The molecule has 1 aliphatic rings. The van der Waals surface area contributed by atoms with E-state index in [4.69, 9.17) is 5.11 Å². The second-order valence-corrected chi connectivity index (χ2v) is 7.71. The van der Waals surface area contributed by atoms with Crippen molar-refractivity contribution in [1.29, 1.82) is 0 Å². The number of aliphatic hydroxyl groups is 2. The summed E-state index contributed by atoms with van der Waals surface area (Å²) < 4.78 is 0. The highest BCUT2D eigenvalue weighted by Crippen LogP contribution is 2.37. The molecule has 0 aromatic heterocycles. The first-order valence-corrected chi connectivity index (χ1v) is 10.3. The van der Waals surface area contributed by atoms with E-state index in [1.54, 1.807) is 0 Å². The van der Waals surface area contributed by atoms with Crippen LogP contribution in [0.1, 0.15) is 90.4 Å². The van der Waals surface area contributed by atoms with Crippen molar-refractivity contribution in [3.63, 3.8) is 0 Å². The van der Waals surface area contributed by atoms with Gasteiger partial charge in [-0.2, -0.15) is 0 Å². The number of rotatable bonds is 14. The number of oxime groups is 1. The average Bonchev–Trinajstić information content (AvgIpc) is 2.91. The maximum atomic E-state index is 10.5. The zero-order chi connectivity index (χ0) is 19.4. The minimum Gasteiger partial charge on any atom is -0.481 e. The SMILES string of the molecule is CCCCCC(O)CCC1/C(=N/O)CC(O)C1CCCCCCC(=O)O. The van der Waals surface area contributed by atoms with Gasteiger partial charge in [-0.05, 0) is 38.0 Å². The van der Waals surface area contributed by atoms with Gasteiger partial charge in [-0.15, -0.1) is 0 Å². The van der Waals surface area contributed by atoms with Crippen LogP contribution >= 0.6 is 0 Å². The molecule has 0 bridgehead atoms. The zero-order valence-electron chi connectivity index (χ0n) is 16.1. The zero-order valence-corrected chi connectivity index (χ0v) is 16.1. The molecule has 26 heavy (non-hydrogen) atoms. The van der Waals surface area contributed by atoms with Crippen LogP contribution in [0.3, 0.4) is 0 Å². The number of unbranched alkanes of at least 4 members (excludes halogenated alkanes) is 5. The minimum atomic E-state index is -0.752. The lowest BCUT2D eigenvalue weighted by atomic mass is 9.84. The molecular formula is C20H37NO5. The highest BCUT2D eigenvalue weighted by Gasteiger charge is 2.39. The highest BCUT2D eigenvalue weighted by atomic mass is 16.4. The predicted molar refractivity (Wildman–Crippen MR) is 102 cm³/mol. The first-order valence-electron chi connectivity index (χ1n) is 10.3. The second-order valence-electron chi connectivity index (χ2n) is 7.71. The van der Waals surface area contributed by atoms with Crippen LogP contribution in [0.5, 0.6) is 0 Å². The van der Waals surface area contributed by atoms with Crippen LogP contribution in [0.15, 0.2) is 5.16 Å². The summed E-state index contributed by atoms with van der Waals surface area (Å²) in [5, 5.41) is 41.8. The number of hydrogen-bond acceptors (Lipinski definition) is 5. The summed E-state index contributed by atoms with van der Waals surface area (Å²) in [5.74, 6) is -0.643. The van der Waals surface area contributed by atoms with E-state index in [-0.39, 0.29) is 24.4 Å². The first kappa shape index (κ1) is 22.9. The quantitative estimate of drug-likeness (QED) is 0.210. The fourth-order valence-corrected chi connectivity index (χ4v) is 4.08. The Balaban J connectivity index is 2.39. The van der Waals surface area contributed by atoms with Crippen molar-refractivity contribution in [2.24, 2.45) is 17.0 Å². The standard InChI is InChI=1S/C20H37NO5/c1-2-3-6-9-15(22)12-13-16-17(19(23)14-18(16)21-26)10-7-4-5-8-11-20(24)25/h15-17,19,22-23,26H,2-14H2,1H3,(H,24,25)/b21-18+. The molecule has 152 valence electrons. The summed E-state index contributed by atoms with van der Waals surface area (Å²) >= 11 is 0. The Morgan fingerprint density at radius 1 is 1.12 bits per heavy atom. The smallest absolute Gasteiger partial charge is 0.303 e. The van der Waals surface area contributed by atoms with E-state index in [2.05, 4.69) is 12.1 Å². The molecule has 6 nitrogen and oxygen atoms in total. The van der Waals surface area contributed by atoms with Crippen LogP contribution in [-0.4, -0.2) is 44.4 Å². The van der Waals surface area contributed by atoms with E-state index in [1.807, 2.05) is 0 Å². The Labute approximate surface area is 157 Å². The average molecular weight is 372 g/mol. The van der Waals surface area contributed by atoms with Gasteiger partial charge in [-0.25, -0.2) is 0 Å². The van der Waals surface area contributed by atoms with E-state index in [1.165, 1.54) is 0 Å². The summed E-state index contributed by atoms with van der Waals surface area (Å²) in [6, 6.07) is 0. The van der Waals surface area contributed by atoms with Gasteiger partial charge < -0.3 is 20.5 Å². The van der Waals surface area contributed by atoms with Crippen molar-refractivity contribution in [3.05, 3.63) is 0 Å². The Bertz CT molecular complexity index is 426. The predicted octanol–water partition coefficient (Wildman–Crippen LogP) is 3.96. The van der Waals surface area contributed by atoms with Gasteiger partial charge in [0.1, 0.15) is 0 Å². The van der Waals surface area contributed by atoms with Gasteiger partial charge in [0.2, 0.25) is 0 Å². The van der Waals surface area contributed by atoms with Gasteiger partial charge >= 0.3 is 5.97 Å². The fraction of sp³-hybridized carbons (Fsp3) is 0.900. The molecule has 1 rings (SSSR count). The molecule has 4 N–H and O–H groups in total. The van der Waals surface area contributed by atoms with Gasteiger partial charge in [0.05, 0.1) is 17.9 Å². The van der Waals surface area contributed by atoms with Crippen molar-refractivity contribution in [2.75, 3.05) is 0 Å². The molecular weight excluding hydrogens is 334 g/mol. The van der Waals surface area contributed by atoms with Crippen molar-refractivity contribution in [1.82, 2.24) is 0 Å². The third-order valence-electron chi connectivity index (χ3n) is 5.62. The maximum Gasteiger partial charge on any atom is 0.303 e. The Morgan fingerprint density at radius 3 is 2.50 bits per heavy atom. The van der Waals surface area contributed by atoms with Gasteiger partial charge in [-0.1, -0.05) is 50.6 Å². The lowest BCUT2D eigenvalue weighted by Gasteiger charge is -2.23. The molecule has 6 heteroatoms. The van der Waals surface area contributed by atoms with Crippen LogP contribution in [-0.2, 0) is 4.79 Å². The molecule has 4 unspecified atom stereocenters. The number of carbonyl (C=O) groups is 1. The number of aliphatic carboxylic acids is 1. The Morgan fingerprint density at radius 2 is 1.85 bits per heavy atom. The summed E-state index contributed by atoms with van der Waals surface area (Å²) in [5.41, 5.74) is 0.661. The van der Waals surface area contributed by atoms with Gasteiger partial charge in [0.15, 0.2) is 0 Å². The second kappa shape index (κ2) is 13.1. The van der Waals surface area contributed by atoms with Crippen LogP contribution < -0.4 is 0 Å². The van der Waals surface area contributed by atoms with E-state index in [0.717, 1.165) is 57.8 Å². The lowest BCUT2D eigenvalue weighted by Crippen LogP contribution is -2.22. The van der Waals surface area contributed by atoms with Gasteiger partial charge in [0.25, 0.3) is 0 Å². The largest absolute Gasteiger partial charge is 0.481 e. The molecule has 0 heterocycles.